The van der Waals surface area contributed by atoms with Gasteiger partial charge in [0.25, 0.3) is 0 Å². The summed E-state index contributed by atoms with van der Waals surface area (Å²) in [5.41, 5.74) is 0.807. The molecule has 2 heterocycles. The Hall–Kier alpha value is -1.88. The summed E-state index contributed by atoms with van der Waals surface area (Å²) in [6.45, 7) is -1.71. The predicted molar refractivity (Wildman–Crippen MR) is 74.1 cm³/mol. The van der Waals surface area contributed by atoms with Crippen molar-refractivity contribution in [2.45, 2.75) is 25.0 Å². The molecular formula is C11H9ClF3N5O2S. The van der Waals surface area contributed by atoms with Crippen LogP contribution < -0.4 is 4.31 Å². The van der Waals surface area contributed by atoms with Crippen LogP contribution in [0.25, 0.3) is 0 Å². The summed E-state index contributed by atoms with van der Waals surface area (Å²) in [5, 5.41) is 10.6. The summed E-state index contributed by atoms with van der Waals surface area (Å²) >= 11 is 5.98. The van der Waals surface area contributed by atoms with Gasteiger partial charge in [0, 0.05) is 10.6 Å². The number of anilines is 1. The van der Waals surface area contributed by atoms with E-state index in [2.05, 4.69) is 15.4 Å². The molecule has 1 aliphatic rings. The van der Waals surface area contributed by atoms with Crippen LogP contribution in [-0.2, 0) is 28.9 Å². The highest BCUT2D eigenvalue weighted by Gasteiger charge is 2.36. The van der Waals surface area contributed by atoms with Gasteiger partial charge in [0.15, 0.2) is 12.4 Å². The van der Waals surface area contributed by atoms with Crippen molar-refractivity contribution in [1.82, 2.24) is 20.2 Å². The van der Waals surface area contributed by atoms with E-state index in [1.807, 2.05) is 0 Å². The second-order valence-corrected chi connectivity index (χ2v) is 7.15. The lowest BCUT2D eigenvalue weighted by Crippen LogP contribution is -2.27. The molecule has 0 N–H and O–H groups in total. The number of halogens is 4. The van der Waals surface area contributed by atoms with Crippen molar-refractivity contribution >= 4 is 27.3 Å². The molecule has 1 aromatic heterocycles. The van der Waals surface area contributed by atoms with Crippen LogP contribution in [0, 0.1) is 0 Å². The van der Waals surface area contributed by atoms with Crippen molar-refractivity contribution in [3.63, 3.8) is 0 Å². The molecule has 23 heavy (non-hydrogen) atoms. The van der Waals surface area contributed by atoms with Crippen LogP contribution in [0.5, 0.6) is 0 Å². The van der Waals surface area contributed by atoms with Crippen molar-refractivity contribution in [3.8, 4) is 0 Å². The van der Waals surface area contributed by atoms with Crippen molar-refractivity contribution in [3.05, 3.63) is 34.6 Å². The molecule has 3 rings (SSSR count). The fraction of sp³-hybridized carbons (Fsp3) is 0.364. The average Bonchev–Trinajstić information content (AvgIpc) is 2.93. The van der Waals surface area contributed by atoms with Crippen LogP contribution in [0.2, 0.25) is 5.02 Å². The third-order valence-corrected chi connectivity index (χ3v) is 5.13. The van der Waals surface area contributed by atoms with Crippen molar-refractivity contribution in [2.75, 3.05) is 4.31 Å². The molecule has 1 aromatic carbocycles. The fourth-order valence-electron chi connectivity index (χ4n) is 2.21. The van der Waals surface area contributed by atoms with Crippen LogP contribution in [-0.4, -0.2) is 34.8 Å². The van der Waals surface area contributed by atoms with E-state index in [0.717, 1.165) is 4.31 Å². The summed E-state index contributed by atoms with van der Waals surface area (Å²) < 4.78 is 62.3. The Balaban J connectivity index is 1.87. The SMILES string of the molecule is O=S1(=O)Cc2c(Cl)cccc2N1Cc1nnn(CC(F)(F)F)n1. The van der Waals surface area contributed by atoms with Gasteiger partial charge in [-0.25, -0.2) is 8.42 Å². The molecule has 12 heteroatoms. The van der Waals surface area contributed by atoms with Crippen LogP contribution in [0.3, 0.4) is 0 Å². The van der Waals surface area contributed by atoms with Gasteiger partial charge in [0.05, 0.1) is 18.0 Å². The monoisotopic (exact) mass is 367 g/mol. The first-order chi connectivity index (χ1) is 10.7. The lowest BCUT2D eigenvalue weighted by Gasteiger charge is -2.16. The Morgan fingerprint density at radius 1 is 1.30 bits per heavy atom. The van der Waals surface area contributed by atoms with Gasteiger partial charge in [-0.15, -0.1) is 10.2 Å². The molecule has 1 aliphatic heterocycles. The number of hydrogen-bond donors (Lipinski definition) is 0. The molecule has 0 amide bonds. The highest BCUT2D eigenvalue weighted by Crippen LogP contribution is 2.38. The minimum Gasteiger partial charge on any atom is -0.262 e. The maximum Gasteiger partial charge on any atom is 0.409 e. The number of fused-ring (bicyclic) bond motifs is 1. The van der Waals surface area contributed by atoms with E-state index in [-0.39, 0.29) is 18.1 Å². The molecule has 0 aliphatic carbocycles. The molecule has 2 aromatic rings. The minimum absolute atomic E-state index is 0.134. The van der Waals surface area contributed by atoms with Gasteiger partial charge in [0.1, 0.15) is 0 Å². The fourth-order valence-corrected chi connectivity index (χ4v) is 4.14. The zero-order valence-corrected chi connectivity index (χ0v) is 12.9. The van der Waals surface area contributed by atoms with E-state index in [9.17, 15) is 21.6 Å². The van der Waals surface area contributed by atoms with Crippen molar-refractivity contribution in [1.29, 1.82) is 0 Å². The number of rotatable bonds is 3. The van der Waals surface area contributed by atoms with Crippen molar-refractivity contribution < 1.29 is 21.6 Å². The second-order valence-electron chi connectivity index (χ2n) is 4.85. The third-order valence-electron chi connectivity index (χ3n) is 3.13. The third kappa shape index (κ3) is 3.24. The molecule has 0 bridgehead atoms. The van der Waals surface area contributed by atoms with E-state index in [1.165, 1.54) is 0 Å². The Kier molecular flexibility index (Phi) is 3.71. The van der Waals surface area contributed by atoms with E-state index in [1.54, 1.807) is 18.2 Å². The van der Waals surface area contributed by atoms with Gasteiger partial charge in [-0.3, -0.25) is 4.31 Å². The lowest BCUT2D eigenvalue weighted by atomic mass is 10.2. The Bertz CT molecular complexity index is 852. The number of aromatic nitrogens is 4. The molecule has 0 saturated heterocycles. The molecule has 0 radical (unpaired) electrons. The summed E-state index contributed by atoms with van der Waals surface area (Å²) in [7, 11) is -3.68. The second kappa shape index (κ2) is 5.34. The predicted octanol–water partition coefficient (Wildman–Crippen LogP) is 1.74. The van der Waals surface area contributed by atoms with Crippen molar-refractivity contribution in [2.24, 2.45) is 0 Å². The summed E-state index contributed by atoms with van der Waals surface area (Å²) in [4.78, 5) is 0.372. The topological polar surface area (TPSA) is 81.0 Å². The number of nitrogens with zero attached hydrogens (tertiary/aromatic N) is 5. The molecule has 0 saturated carbocycles. The number of benzene rings is 1. The average molecular weight is 368 g/mol. The first-order valence-corrected chi connectivity index (χ1v) is 8.26. The Morgan fingerprint density at radius 3 is 2.74 bits per heavy atom. The first kappa shape index (κ1) is 16.0. The van der Waals surface area contributed by atoms with Gasteiger partial charge in [-0.2, -0.15) is 18.0 Å². The summed E-state index contributed by atoms with van der Waals surface area (Å²) in [6.07, 6.45) is -4.49. The molecule has 0 spiro atoms. The zero-order valence-electron chi connectivity index (χ0n) is 11.3. The van der Waals surface area contributed by atoms with Crippen LogP contribution in [0.4, 0.5) is 18.9 Å². The number of tetrazole rings is 1. The number of alkyl halides is 3. The molecule has 0 fully saturated rings. The number of sulfonamides is 1. The largest absolute Gasteiger partial charge is 0.409 e. The summed E-state index contributed by atoms with van der Waals surface area (Å²) in [6, 6.07) is 4.71. The van der Waals surface area contributed by atoms with E-state index in [0.29, 0.717) is 21.1 Å². The molecular weight excluding hydrogens is 359 g/mol. The minimum atomic E-state index is -4.49. The maximum atomic E-state index is 12.3. The van der Waals surface area contributed by atoms with Crippen LogP contribution in [0.1, 0.15) is 11.4 Å². The zero-order chi connectivity index (χ0) is 16.8. The maximum absolute atomic E-state index is 12.3. The van der Waals surface area contributed by atoms with Gasteiger partial charge in [-0.1, -0.05) is 17.7 Å². The van der Waals surface area contributed by atoms with Gasteiger partial charge in [-0.05, 0) is 17.3 Å². The van der Waals surface area contributed by atoms with E-state index in [4.69, 9.17) is 11.6 Å². The van der Waals surface area contributed by atoms with Gasteiger partial charge < -0.3 is 0 Å². The first-order valence-electron chi connectivity index (χ1n) is 6.27. The molecule has 0 atom stereocenters. The van der Waals surface area contributed by atoms with E-state index >= 15 is 0 Å². The highest BCUT2D eigenvalue weighted by molar-refractivity contribution is 7.92. The normalized spacial score (nSPS) is 16.6. The lowest BCUT2D eigenvalue weighted by molar-refractivity contribution is -0.145. The van der Waals surface area contributed by atoms with Gasteiger partial charge >= 0.3 is 6.18 Å². The molecule has 124 valence electrons. The van der Waals surface area contributed by atoms with Crippen LogP contribution >= 0.6 is 11.6 Å². The number of hydrogen-bond acceptors (Lipinski definition) is 5. The smallest absolute Gasteiger partial charge is 0.262 e. The van der Waals surface area contributed by atoms with E-state index < -0.39 is 22.7 Å². The Labute approximate surface area is 133 Å². The summed E-state index contributed by atoms with van der Waals surface area (Å²) in [5.74, 6) is -0.413. The highest BCUT2D eigenvalue weighted by atomic mass is 35.5. The molecule has 0 unspecified atom stereocenters. The van der Waals surface area contributed by atoms with Crippen LogP contribution in [0.15, 0.2) is 18.2 Å². The van der Waals surface area contributed by atoms with Gasteiger partial charge in [0.2, 0.25) is 10.0 Å². The molecule has 7 nitrogen and oxygen atoms in total. The standard InChI is InChI=1S/C11H9ClF3N5O2S/c12-8-2-1-3-9-7(8)5-23(21,22)19(9)4-10-16-18-20(17-10)6-11(13,14)15/h1-3H,4-6H2. The quantitative estimate of drug-likeness (QED) is 0.825. The Morgan fingerprint density at radius 2 is 2.04 bits per heavy atom.